The van der Waals surface area contributed by atoms with Crippen molar-refractivity contribution in [1.82, 2.24) is 19.7 Å². The summed E-state index contributed by atoms with van der Waals surface area (Å²) in [6, 6.07) is 7.16. The molecule has 2 aliphatic rings. The molecule has 1 saturated heterocycles. The molecule has 6 nitrogen and oxygen atoms in total. The number of piperidine rings is 1. The predicted molar refractivity (Wildman–Crippen MR) is 136 cm³/mol. The normalized spacial score (nSPS) is 24.1. The summed E-state index contributed by atoms with van der Waals surface area (Å²) >= 11 is 0. The number of hydrogen-bond acceptors (Lipinski definition) is 4. The van der Waals surface area contributed by atoms with Crippen molar-refractivity contribution in [2.75, 3.05) is 13.1 Å². The van der Waals surface area contributed by atoms with Gasteiger partial charge in [-0.15, -0.1) is 10.2 Å². The molecule has 2 fully saturated rings. The second-order valence-corrected chi connectivity index (χ2v) is 11.0. The maximum absolute atomic E-state index is 13.7. The van der Waals surface area contributed by atoms with Gasteiger partial charge in [-0.05, 0) is 74.1 Å². The second kappa shape index (κ2) is 11.7. The highest BCUT2D eigenvalue weighted by atomic mass is 19.4. The van der Waals surface area contributed by atoms with Crippen molar-refractivity contribution < 1.29 is 40.3 Å². The topological polar surface area (TPSA) is 60.2 Å². The van der Waals surface area contributed by atoms with Gasteiger partial charge < -0.3 is 14.2 Å². The standard InChI is InChI=1S/C29H29F7N4O2/c1-17(20-10-21(28(31,32)33)13-22(11-20)29(34,35)36)42-26-8-9-39(14-25(26)18-2-5-23(30)6-3-18)27(41)19-4-7-24(12-19)40-15-37-38-16-40/h2-3,5-6,10-11,13,15-17,19,24-26H,4,7-9,12,14H2,1H3/t17-,19-,24-,25-,26+/m1/s1. The van der Waals surface area contributed by atoms with Crippen LogP contribution in [0.2, 0.25) is 0 Å². The Morgan fingerprint density at radius 3 is 2.14 bits per heavy atom. The molecular formula is C29H29F7N4O2. The van der Waals surface area contributed by atoms with E-state index in [1.54, 1.807) is 29.7 Å². The number of halogens is 7. The summed E-state index contributed by atoms with van der Waals surface area (Å²) in [4.78, 5) is 15.3. The number of alkyl halides is 6. The van der Waals surface area contributed by atoms with Crippen molar-refractivity contribution in [1.29, 1.82) is 0 Å². The Labute approximate surface area is 237 Å². The number of benzene rings is 2. The Balaban J connectivity index is 1.36. The monoisotopic (exact) mass is 598 g/mol. The Morgan fingerprint density at radius 1 is 0.929 bits per heavy atom. The first-order valence-electron chi connectivity index (χ1n) is 13.6. The summed E-state index contributed by atoms with van der Waals surface area (Å²) in [5, 5.41) is 7.66. The first-order valence-corrected chi connectivity index (χ1v) is 13.6. The molecule has 1 amide bonds. The van der Waals surface area contributed by atoms with Crippen LogP contribution in [0.25, 0.3) is 0 Å². The third kappa shape index (κ3) is 6.61. The molecule has 1 saturated carbocycles. The van der Waals surface area contributed by atoms with Crippen LogP contribution in [0.5, 0.6) is 0 Å². The average Bonchev–Trinajstić information content (AvgIpc) is 3.65. The fourth-order valence-electron chi connectivity index (χ4n) is 5.99. The molecule has 42 heavy (non-hydrogen) atoms. The van der Waals surface area contributed by atoms with Crippen LogP contribution in [0.1, 0.15) is 72.9 Å². The zero-order chi connectivity index (χ0) is 30.2. The van der Waals surface area contributed by atoms with E-state index in [0.29, 0.717) is 43.5 Å². The molecule has 1 aliphatic heterocycles. The third-order valence-electron chi connectivity index (χ3n) is 8.23. The van der Waals surface area contributed by atoms with E-state index in [0.717, 1.165) is 6.42 Å². The molecular weight excluding hydrogens is 569 g/mol. The van der Waals surface area contributed by atoms with Crippen LogP contribution in [-0.4, -0.2) is 44.8 Å². The van der Waals surface area contributed by atoms with Gasteiger partial charge in [0.25, 0.3) is 0 Å². The number of nitrogens with zero attached hydrogens (tertiary/aromatic N) is 4. The van der Waals surface area contributed by atoms with Gasteiger partial charge >= 0.3 is 12.4 Å². The van der Waals surface area contributed by atoms with Crippen molar-refractivity contribution in [2.45, 2.75) is 69.1 Å². The molecule has 2 heterocycles. The van der Waals surface area contributed by atoms with E-state index < -0.39 is 47.4 Å². The number of amides is 1. The van der Waals surface area contributed by atoms with Crippen LogP contribution in [0.15, 0.2) is 55.1 Å². The van der Waals surface area contributed by atoms with Crippen LogP contribution < -0.4 is 0 Å². The largest absolute Gasteiger partial charge is 0.416 e. The smallest absolute Gasteiger partial charge is 0.370 e. The minimum atomic E-state index is -4.98. The molecule has 0 unspecified atom stereocenters. The van der Waals surface area contributed by atoms with E-state index >= 15 is 0 Å². The molecule has 13 heteroatoms. The number of carbonyl (C=O) groups excluding carboxylic acids is 1. The number of carbonyl (C=O) groups is 1. The summed E-state index contributed by atoms with van der Waals surface area (Å²) < 4.78 is 102. The second-order valence-electron chi connectivity index (χ2n) is 11.0. The van der Waals surface area contributed by atoms with Gasteiger partial charge in [-0.1, -0.05) is 12.1 Å². The van der Waals surface area contributed by atoms with Crippen LogP contribution in [0, 0.1) is 11.7 Å². The lowest BCUT2D eigenvalue weighted by molar-refractivity contribution is -0.143. The zero-order valence-electron chi connectivity index (χ0n) is 22.6. The van der Waals surface area contributed by atoms with Gasteiger partial charge in [0.15, 0.2) is 0 Å². The average molecular weight is 599 g/mol. The Kier molecular flexibility index (Phi) is 8.32. The third-order valence-corrected chi connectivity index (χ3v) is 8.23. The minimum absolute atomic E-state index is 0.0307. The van der Waals surface area contributed by atoms with Gasteiger partial charge in [0.1, 0.15) is 18.5 Å². The quantitative estimate of drug-likeness (QED) is 0.288. The molecule has 0 bridgehead atoms. The van der Waals surface area contributed by atoms with E-state index in [1.165, 1.54) is 19.1 Å². The lowest BCUT2D eigenvalue weighted by Gasteiger charge is -2.41. The van der Waals surface area contributed by atoms with Gasteiger partial charge in [-0.3, -0.25) is 4.79 Å². The molecule has 1 aliphatic carbocycles. The summed E-state index contributed by atoms with van der Waals surface area (Å²) in [7, 11) is 0. The van der Waals surface area contributed by atoms with Crippen LogP contribution in [0.3, 0.4) is 0 Å². The molecule has 226 valence electrons. The van der Waals surface area contributed by atoms with Crippen molar-refractivity contribution in [2.24, 2.45) is 5.92 Å². The molecule has 2 aromatic carbocycles. The molecule has 5 atom stereocenters. The number of likely N-dealkylation sites (tertiary alicyclic amines) is 1. The molecule has 3 aromatic rings. The fraction of sp³-hybridized carbons (Fsp3) is 0.483. The summed E-state index contributed by atoms with van der Waals surface area (Å²) in [5.41, 5.74) is -2.45. The van der Waals surface area contributed by atoms with E-state index in [4.69, 9.17) is 4.74 Å². The van der Waals surface area contributed by atoms with E-state index in [2.05, 4.69) is 10.2 Å². The lowest BCUT2D eigenvalue weighted by atomic mass is 9.86. The number of aromatic nitrogens is 3. The van der Waals surface area contributed by atoms with Gasteiger partial charge in [-0.25, -0.2) is 4.39 Å². The Bertz CT molecular complexity index is 1340. The van der Waals surface area contributed by atoms with E-state index in [1.807, 2.05) is 4.57 Å². The predicted octanol–water partition coefficient (Wildman–Crippen LogP) is 6.96. The van der Waals surface area contributed by atoms with Crippen molar-refractivity contribution >= 4 is 5.91 Å². The van der Waals surface area contributed by atoms with E-state index in [-0.39, 0.29) is 36.0 Å². The van der Waals surface area contributed by atoms with E-state index in [9.17, 15) is 35.5 Å². The van der Waals surface area contributed by atoms with Gasteiger partial charge in [-0.2, -0.15) is 26.3 Å². The van der Waals surface area contributed by atoms with Crippen LogP contribution in [0.4, 0.5) is 30.7 Å². The van der Waals surface area contributed by atoms with Gasteiger partial charge in [0.2, 0.25) is 5.91 Å². The Morgan fingerprint density at radius 2 is 1.55 bits per heavy atom. The highest BCUT2D eigenvalue weighted by Crippen LogP contribution is 2.41. The Hall–Kier alpha value is -3.48. The molecule has 0 spiro atoms. The minimum Gasteiger partial charge on any atom is -0.370 e. The van der Waals surface area contributed by atoms with Crippen molar-refractivity contribution in [3.8, 4) is 0 Å². The highest BCUT2D eigenvalue weighted by molar-refractivity contribution is 5.79. The maximum Gasteiger partial charge on any atom is 0.416 e. The first-order chi connectivity index (χ1) is 19.8. The summed E-state index contributed by atoms with van der Waals surface area (Å²) in [6.45, 7) is 1.92. The highest BCUT2D eigenvalue weighted by Gasteiger charge is 2.40. The number of rotatable bonds is 6. The molecule has 0 radical (unpaired) electrons. The molecule has 1 aromatic heterocycles. The zero-order valence-corrected chi connectivity index (χ0v) is 22.6. The number of ether oxygens (including phenoxy) is 1. The molecule has 0 N–H and O–H groups in total. The van der Waals surface area contributed by atoms with Crippen LogP contribution >= 0.6 is 0 Å². The fourth-order valence-corrected chi connectivity index (χ4v) is 5.99. The summed E-state index contributed by atoms with van der Waals surface area (Å²) in [6.07, 6.45) is -6.08. The van der Waals surface area contributed by atoms with Gasteiger partial charge in [0, 0.05) is 31.0 Å². The van der Waals surface area contributed by atoms with Crippen molar-refractivity contribution in [3.63, 3.8) is 0 Å². The number of hydrogen-bond donors (Lipinski definition) is 0. The summed E-state index contributed by atoms with van der Waals surface area (Å²) in [5.74, 6) is -1.19. The van der Waals surface area contributed by atoms with Gasteiger partial charge in [0.05, 0.1) is 23.3 Å². The first kappa shape index (κ1) is 30.0. The SMILES string of the molecule is C[C@@H](O[C@H]1CCN(C(=O)[C@@H]2CC[C@@H](n3cnnc3)C2)C[C@@H]1c1ccc(F)cc1)c1cc(C(F)(F)F)cc(C(F)(F)F)c1. The lowest BCUT2D eigenvalue weighted by Crippen LogP contribution is -2.47. The van der Waals surface area contributed by atoms with Crippen LogP contribution in [-0.2, 0) is 21.9 Å². The molecule has 5 rings (SSSR count). The maximum atomic E-state index is 13.7. The van der Waals surface area contributed by atoms with Crippen molar-refractivity contribution in [3.05, 3.63) is 83.2 Å².